The highest BCUT2D eigenvalue weighted by Gasteiger charge is 2.27. The van der Waals surface area contributed by atoms with Gasteiger partial charge in [0.1, 0.15) is 19.3 Å². The van der Waals surface area contributed by atoms with Gasteiger partial charge in [0.15, 0.2) is 0 Å². The van der Waals surface area contributed by atoms with Crippen LogP contribution >= 0.6 is 0 Å². The maximum absolute atomic E-state index is 11.8. The third-order valence-corrected chi connectivity index (χ3v) is 5.21. The van der Waals surface area contributed by atoms with Gasteiger partial charge in [-0.1, -0.05) is 65.2 Å². The van der Waals surface area contributed by atoms with Gasteiger partial charge < -0.3 is 14.9 Å². The number of ether oxygens (including phenoxy) is 1. The van der Waals surface area contributed by atoms with Crippen molar-refractivity contribution in [1.82, 2.24) is 0 Å². The van der Waals surface area contributed by atoms with Crippen LogP contribution in [0, 0.1) is 11.3 Å². The van der Waals surface area contributed by atoms with E-state index in [0.29, 0.717) is 12.8 Å². The summed E-state index contributed by atoms with van der Waals surface area (Å²) in [5.74, 6) is -1.92. The Balaban J connectivity index is 3.85. The normalized spacial score (nSPS) is 13.8. The summed E-state index contributed by atoms with van der Waals surface area (Å²) < 4.78 is 5.06. The van der Waals surface area contributed by atoms with Crippen molar-refractivity contribution in [1.29, 1.82) is 0 Å². The molecule has 2 unspecified atom stereocenters. The molecule has 0 aliphatic carbocycles. The Bertz CT molecular complexity index is 437. The SMILES string of the molecule is CCCCCCCCCCC(COOCC(O)COC(=O)C(C)(C)CC)C(=O)O. The van der Waals surface area contributed by atoms with Crippen molar-refractivity contribution < 1.29 is 34.3 Å². The van der Waals surface area contributed by atoms with Gasteiger partial charge in [-0.05, 0) is 26.7 Å². The highest BCUT2D eigenvalue weighted by atomic mass is 17.2. The zero-order valence-corrected chi connectivity index (χ0v) is 18.8. The predicted octanol–water partition coefficient (Wildman–Crippen LogP) is 4.51. The van der Waals surface area contributed by atoms with Crippen molar-refractivity contribution in [2.24, 2.45) is 11.3 Å². The minimum Gasteiger partial charge on any atom is -0.481 e. The highest BCUT2D eigenvalue weighted by Crippen LogP contribution is 2.21. The molecule has 0 aliphatic rings. The molecule has 0 spiro atoms. The monoisotopic (exact) mass is 418 g/mol. The van der Waals surface area contributed by atoms with E-state index in [2.05, 4.69) is 6.92 Å². The molecule has 0 saturated carbocycles. The number of hydrogen-bond acceptors (Lipinski definition) is 6. The number of carboxylic acid groups (broad SMARTS) is 1. The summed E-state index contributed by atoms with van der Waals surface area (Å²) in [5, 5.41) is 19.1. The molecular weight excluding hydrogens is 376 g/mol. The molecular formula is C22H42O7. The van der Waals surface area contributed by atoms with Crippen LogP contribution in [0.2, 0.25) is 0 Å². The first-order valence-corrected chi connectivity index (χ1v) is 11.1. The summed E-state index contributed by atoms with van der Waals surface area (Å²) in [6.07, 6.45) is 9.41. The molecule has 0 aliphatic heterocycles. The number of carbonyl (C=O) groups excluding carboxylic acids is 1. The lowest BCUT2D eigenvalue weighted by Crippen LogP contribution is -2.31. The van der Waals surface area contributed by atoms with Gasteiger partial charge in [0.25, 0.3) is 0 Å². The van der Waals surface area contributed by atoms with Crippen molar-refractivity contribution in [3.63, 3.8) is 0 Å². The summed E-state index contributed by atoms with van der Waals surface area (Å²) in [4.78, 5) is 33.0. The smallest absolute Gasteiger partial charge is 0.311 e. The third kappa shape index (κ3) is 14.4. The molecule has 0 radical (unpaired) electrons. The van der Waals surface area contributed by atoms with Crippen LogP contribution in [0.3, 0.4) is 0 Å². The Hall–Kier alpha value is -1.18. The van der Waals surface area contributed by atoms with Crippen molar-refractivity contribution in [3.05, 3.63) is 0 Å². The first-order chi connectivity index (χ1) is 13.7. The minimum absolute atomic E-state index is 0.0682. The maximum atomic E-state index is 11.8. The Kier molecular flexibility index (Phi) is 15.9. The Labute approximate surface area is 176 Å². The zero-order chi connectivity index (χ0) is 22.1. The van der Waals surface area contributed by atoms with Gasteiger partial charge in [-0.25, -0.2) is 9.78 Å². The fraction of sp³-hybridized carbons (Fsp3) is 0.909. The number of hydrogen-bond donors (Lipinski definition) is 2. The zero-order valence-electron chi connectivity index (χ0n) is 18.8. The Morgan fingerprint density at radius 3 is 1.97 bits per heavy atom. The molecule has 172 valence electrons. The van der Waals surface area contributed by atoms with E-state index >= 15 is 0 Å². The van der Waals surface area contributed by atoms with Crippen LogP contribution in [-0.4, -0.2) is 48.1 Å². The molecule has 0 rings (SSSR count). The Morgan fingerprint density at radius 1 is 0.862 bits per heavy atom. The topological polar surface area (TPSA) is 102 Å². The Morgan fingerprint density at radius 2 is 1.41 bits per heavy atom. The molecule has 0 bridgehead atoms. The second-order valence-corrected chi connectivity index (χ2v) is 8.36. The van der Waals surface area contributed by atoms with Crippen LogP contribution < -0.4 is 0 Å². The molecule has 0 aromatic rings. The average Bonchev–Trinajstić information content (AvgIpc) is 2.69. The van der Waals surface area contributed by atoms with Gasteiger partial charge >= 0.3 is 11.9 Å². The van der Waals surface area contributed by atoms with Crippen LogP contribution in [0.4, 0.5) is 0 Å². The first kappa shape index (κ1) is 27.8. The lowest BCUT2D eigenvalue weighted by molar-refractivity contribution is -0.312. The number of carbonyl (C=O) groups is 2. The van der Waals surface area contributed by atoms with Gasteiger partial charge in [-0.2, -0.15) is 0 Å². The fourth-order valence-corrected chi connectivity index (χ4v) is 2.62. The number of rotatable bonds is 19. The van der Waals surface area contributed by atoms with E-state index in [0.717, 1.165) is 19.3 Å². The molecule has 2 atom stereocenters. The van der Waals surface area contributed by atoms with E-state index in [1.54, 1.807) is 13.8 Å². The number of unbranched alkanes of at least 4 members (excludes halogenated alkanes) is 7. The molecule has 0 heterocycles. The number of esters is 1. The van der Waals surface area contributed by atoms with E-state index in [4.69, 9.17) is 14.5 Å². The molecule has 7 nitrogen and oxygen atoms in total. The van der Waals surface area contributed by atoms with Gasteiger partial charge in [0, 0.05) is 0 Å². The van der Waals surface area contributed by atoms with Crippen LogP contribution in [0.1, 0.15) is 91.9 Å². The quantitative estimate of drug-likeness (QED) is 0.138. The van der Waals surface area contributed by atoms with Gasteiger partial charge in [-0.15, -0.1) is 0 Å². The number of carboxylic acids is 1. The number of aliphatic carboxylic acids is 1. The molecule has 0 saturated heterocycles. The van der Waals surface area contributed by atoms with Crippen molar-refractivity contribution in [3.8, 4) is 0 Å². The van der Waals surface area contributed by atoms with E-state index in [1.807, 2.05) is 6.92 Å². The summed E-state index contributed by atoms with van der Waals surface area (Å²) in [5.41, 5.74) is -0.596. The standard InChI is InChI=1S/C22H42O7/c1-5-7-8-9-10-11-12-13-14-18(20(24)25)15-28-29-17-19(23)16-27-21(26)22(3,4)6-2/h18-19,23H,5-17H2,1-4H3,(H,24,25). The summed E-state index contributed by atoms with van der Waals surface area (Å²) in [6.45, 7) is 7.19. The molecule has 29 heavy (non-hydrogen) atoms. The molecule has 0 fully saturated rings. The second kappa shape index (κ2) is 16.6. The molecule has 7 heteroatoms. The number of aliphatic hydroxyl groups excluding tert-OH is 1. The van der Waals surface area contributed by atoms with Crippen molar-refractivity contribution >= 4 is 11.9 Å². The van der Waals surface area contributed by atoms with Crippen LogP contribution in [0.25, 0.3) is 0 Å². The van der Waals surface area contributed by atoms with Gasteiger partial charge in [0.2, 0.25) is 0 Å². The lowest BCUT2D eigenvalue weighted by atomic mass is 9.91. The molecule has 0 amide bonds. The van der Waals surface area contributed by atoms with Crippen LogP contribution in [-0.2, 0) is 24.1 Å². The molecule has 2 N–H and O–H groups in total. The van der Waals surface area contributed by atoms with Crippen LogP contribution in [0.5, 0.6) is 0 Å². The minimum atomic E-state index is -1.03. The second-order valence-electron chi connectivity index (χ2n) is 8.36. The molecule has 0 aromatic heterocycles. The van der Waals surface area contributed by atoms with E-state index < -0.39 is 23.4 Å². The van der Waals surface area contributed by atoms with Crippen LogP contribution in [0.15, 0.2) is 0 Å². The van der Waals surface area contributed by atoms with Gasteiger partial charge in [0.05, 0.1) is 17.9 Å². The largest absolute Gasteiger partial charge is 0.481 e. The van der Waals surface area contributed by atoms with E-state index in [9.17, 15) is 19.8 Å². The van der Waals surface area contributed by atoms with Gasteiger partial charge in [-0.3, -0.25) is 9.59 Å². The lowest BCUT2D eigenvalue weighted by Gasteiger charge is -2.21. The maximum Gasteiger partial charge on any atom is 0.311 e. The number of aliphatic hydroxyl groups is 1. The first-order valence-electron chi connectivity index (χ1n) is 11.1. The summed E-state index contributed by atoms with van der Waals surface area (Å²) >= 11 is 0. The van der Waals surface area contributed by atoms with Crippen molar-refractivity contribution in [2.45, 2.75) is 98.0 Å². The predicted molar refractivity (Wildman–Crippen MR) is 111 cm³/mol. The summed E-state index contributed by atoms with van der Waals surface area (Å²) in [7, 11) is 0. The van der Waals surface area contributed by atoms with Crippen molar-refractivity contribution in [2.75, 3.05) is 19.8 Å². The third-order valence-electron chi connectivity index (χ3n) is 5.21. The van der Waals surface area contributed by atoms with E-state index in [-0.39, 0.29) is 25.8 Å². The molecule has 0 aromatic carbocycles. The highest BCUT2D eigenvalue weighted by molar-refractivity contribution is 5.75. The average molecular weight is 419 g/mol. The fourth-order valence-electron chi connectivity index (χ4n) is 2.62. The summed E-state index contributed by atoms with van der Waals surface area (Å²) in [6, 6.07) is 0. The van der Waals surface area contributed by atoms with E-state index in [1.165, 1.54) is 32.1 Å².